The number of nitrogens with zero attached hydrogens (tertiary/aromatic N) is 2. The molecule has 1 aliphatic heterocycles. The fraction of sp³-hybridized carbons (Fsp3) is 0.471. The standard InChI is InChI=1S/C17H21ClN4O2/c1-10-3-5-22(6-4-10)17(24)11(2)20-16(23)13-7-12-8-15(18)19-9-14(12)21-13/h7-11,21H,3-6H2,1-2H3,(H,20,23)/t11-/m1/s1. The topological polar surface area (TPSA) is 78.1 Å². The zero-order valence-electron chi connectivity index (χ0n) is 13.8. The third-order valence-electron chi connectivity index (χ3n) is 4.53. The van der Waals surface area contributed by atoms with Gasteiger partial charge in [-0.1, -0.05) is 18.5 Å². The summed E-state index contributed by atoms with van der Waals surface area (Å²) < 4.78 is 0. The van der Waals surface area contributed by atoms with Crippen molar-refractivity contribution in [2.45, 2.75) is 32.7 Å². The van der Waals surface area contributed by atoms with E-state index in [-0.39, 0.29) is 11.8 Å². The molecule has 0 unspecified atom stereocenters. The minimum atomic E-state index is -0.556. The molecule has 3 rings (SSSR count). The second kappa shape index (κ2) is 6.81. The molecule has 1 atom stereocenters. The molecular formula is C17H21ClN4O2. The van der Waals surface area contributed by atoms with Crippen molar-refractivity contribution in [2.75, 3.05) is 13.1 Å². The van der Waals surface area contributed by atoms with Gasteiger partial charge in [0.05, 0.1) is 11.7 Å². The monoisotopic (exact) mass is 348 g/mol. The number of nitrogens with one attached hydrogen (secondary N) is 2. The van der Waals surface area contributed by atoms with Gasteiger partial charge < -0.3 is 15.2 Å². The number of hydrogen-bond donors (Lipinski definition) is 2. The summed E-state index contributed by atoms with van der Waals surface area (Å²) in [7, 11) is 0. The number of aromatic nitrogens is 2. The predicted octanol–water partition coefficient (Wildman–Crippen LogP) is 2.59. The van der Waals surface area contributed by atoms with Gasteiger partial charge >= 0.3 is 0 Å². The molecule has 1 aliphatic rings. The van der Waals surface area contributed by atoms with Gasteiger partial charge in [-0.2, -0.15) is 0 Å². The van der Waals surface area contributed by atoms with Crippen LogP contribution in [0.2, 0.25) is 5.15 Å². The summed E-state index contributed by atoms with van der Waals surface area (Å²) in [4.78, 5) is 33.6. The van der Waals surface area contributed by atoms with E-state index in [1.54, 1.807) is 25.3 Å². The molecule has 0 bridgehead atoms. The number of likely N-dealkylation sites (tertiary alicyclic amines) is 1. The van der Waals surface area contributed by atoms with Crippen molar-refractivity contribution in [3.8, 4) is 0 Å². The van der Waals surface area contributed by atoms with E-state index in [2.05, 4.69) is 22.2 Å². The van der Waals surface area contributed by atoms with E-state index in [0.29, 0.717) is 16.8 Å². The van der Waals surface area contributed by atoms with E-state index < -0.39 is 6.04 Å². The summed E-state index contributed by atoms with van der Waals surface area (Å²) in [5.74, 6) is 0.315. The highest BCUT2D eigenvalue weighted by atomic mass is 35.5. The highest BCUT2D eigenvalue weighted by Crippen LogP contribution is 2.19. The molecule has 2 N–H and O–H groups in total. The molecule has 0 aliphatic carbocycles. The number of fused-ring (bicyclic) bond motifs is 1. The normalized spacial score (nSPS) is 17.0. The molecule has 6 nitrogen and oxygen atoms in total. The molecule has 0 spiro atoms. The van der Waals surface area contributed by atoms with Crippen molar-refractivity contribution in [3.05, 3.63) is 29.2 Å². The van der Waals surface area contributed by atoms with Crippen LogP contribution in [-0.4, -0.2) is 45.8 Å². The number of pyridine rings is 1. The Hall–Kier alpha value is -2.08. The largest absolute Gasteiger partial charge is 0.349 e. The predicted molar refractivity (Wildman–Crippen MR) is 93.0 cm³/mol. The molecule has 0 radical (unpaired) electrons. The minimum Gasteiger partial charge on any atom is -0.349 e. The molecule has 24 heavy (non-hydrogen) atoms. The van der Waals surface area contributed by atoms with Crippen LogP contribution in [0.15, 0.2) is 18.3 Å². The second-order valence-electron chi connectivity index (χ2n) is 6.48. The number of aromatic amines is 1. The van der Waals surface area contributed by atoms with Crippen molar-refractivity contribution in [2.24, 2.45) is 5.92 Å². The van der Waals surface area contributed by atoms with Crippen LogP contribution < -0.4 is 5.32 Å². The van der Waals surface area contributed by atoms with Crippen LogP contribution in [-0.2, 0) is 4.79 Å². The summed E-state index contributed by atoms with van der Waals surface area (Å²) in [6.45, 7) is 5.44. The first-order valence-electron chi connectivity index (χ1n) is 8.18. The average Bonchev–Trinajstić information content (AvgIpc) is 2.98. The Labute approximate surface area is 145 Å². The van der Waals surface area contributed by atoms with E-state index in [4.69, 9.17) is 11.6 Å². The van der Waals surface area contributed by atoms with Gasteiger partial charge in [0, 0.05) is 18.5 Å². The molecule has 2 aromatic rings. The molecule has 0 saturated carbocycles. The third kappa shape index (κ3) is 3.53. The zero-order chi connectivity index (χ0) is 17.3. The third-order valence-corrected chi connectivity index (χ3v) is 4.74. The Morgan fingerprint density at radius 2 is 2.08 bits per heavy atom. The van der Waals surface area contributed by atoms with Gasteiger partial charge in [-0.25, -0.2) is 4.98 Å². The maximum atomic E-state index is 12.5. The fourth-order valence-corrected chi connectivity index (χ4v) is 3.13. The molecule has 1 saturated heterocycles. The van der Waals surface area contributed by atoms with Gasteiger partial charge in [0.1, 0.15) is 16.9 Å². The fourth-order valence-electron chi connectivity index (χ4n) is 2.97. The lowest BCUT2D eigenvalue weighted by Gasteiger charge is -2.32. The van der Waals surface area contributed by atoms with Crippen LogP contribution in [0.25, 0.3) is 10.9 Å². The summed E-state index contributed by atoms with van der Waals surface area (Å²) in [5, 5.41) is 3.95. The van der Waals surface area contributed by atoms with Crippen LogP contribution in [0, 0.1) is 5.92 Å². The Morgan fingerprint density at radius 1 is 1.38 bits per heavy atom. The highest BCUT2D eigenvalue weighted by Gasteiger charge is 2.26. The number of H-pyrrole nitrogens is 1. The Kier molecular flexibility index (Phi) is 4.76. The Balaban J connectivity index is 1.65. The van der Waals surface area contributed by atoms with E-state index >= 15 is 0 Å². The van der Waals surface area contributed by atoms with Crippen LogP contribution >= 0.6 is 11.6 Å². The van der Waals surface area contributed by atoms with E-state index in [1.807, 2.05) is 4.90 Å². The van der Waals surface area contributed by atoms with Gasteiger partial charge in [0.15, 0.2) is 0 Å². The molecule has 128 valence electrons. The summed E-state index contributed by atoms with van der Waals surface area (Å²) in [5.41, 5.74) is 1.12. The van der Waals surface area contributed by atoms with E-state index in [9.17, 15) is 9.59 Å². The van der Waals surface area contributed by atoms with Crippen LogP contribution in [0.3, 0.4) is 0 Å². The second-order valence-corrected chi connectivity index (χ2v) is 6.87. The number of hydrogen-bond acceptors (Lipinski definition) is 3. The first-order valence-corrected chi connectivity index (χ1v) is 8.55. The number of rotatable bonds is 3. The maximum absolute atomic E-state index is 12.5. The van der Waals surface area contributed by atoms with Crippen molar-refractivity contribution >= 4 is 34.3 Å². The van der Waals surface area contributed by atoms with Crippen LogP contribution in [0.5, 0.6) is 0 Å². The van der Waals surface area contributed by atoms with Gasteiger partial charge in [0.25, 0.3) is 5.91 Å². The smallest absolute Gasteiger partial charge is 0.268 e. The lowest BCUT2D eigenvalue weighted by Crippen LogP contribution is -2.49. The number of carbonyl (C=O) groups is 2. The summed E-state index contributed by atoms with van der Waals surface area (Å²) >= 11 is 5.85. The van der Waals surface area contributed by atoms with Crippen LogP contribution in [0.4, 0.5) is 0 Å². The summed E-state index contributed by atoms with van der Waals surface area (Å²) in [6.07, 6.45) is 3.61. The Morgan fingerprint density at radius 3 is 2.79 bits per heavy atom. The lowest BCUT2D eigenvalue weighted by molar-refractivity contribution is -0.134. The van der Waals surface area contributed by atoms with Crippen molar-refractivity contribution < 1.29 is 9.59 Å². The molecule has 3 heterocycles. The first kappa shape index (κ1) is 16.8. The maximum Gasteiger partial charge on any atom is 0.268 e. The number of carbonyl (C=O) groups excluding carboxylic acids is 2. The quantitative estimate of drug-likeness (QED) is 0.837. The Bertz CT molecular complexity index is 765. The molecule has 1 fully saturated rings. The lowest BCUT2D eigenvalue weighted by atomic mass is 9.99. The molecule has 2 aromatic heterocycles. The first-order chi connectivity index (χ1) is 11.4. The average molecular weight is 349 g/mol. The molecule has 2 amide bonds. The van der Waals surface area contributed by atoms with Gasteiger partial charge in [0.2, 0.25) is 5.91 Å². The molecule has 7 heteroatoms. The summed E-state index contributed by atoms with van der Waals surface area (Å²) in [6, 6.07) is 2.84. The number of piperidine rings is 1. The van der Waals surface area contributed by atoms with Gasteiger partial charge in [-0.3, -0.25) is 9.59 Å². The highest BCUT2D eigenvalue weighted by molar-refractivity contribution is 6.30. The van der Waals surface area contributed by atoms with Crippen molar-refractivity contribution in [1.82, 2.24) is 20.2 Å². The zero-order valence-corrected chi connectivity index (χ0v) is 14.6. The van der Waals surface area contributed by atoms with Crippen LogP contribution in [0.1, 0.15) is 37.2 Å². The molecular weight excluding hydrogens is 328 g/mol. The number of amides is 2. The van der Waals surface area contributed by atoms with E-state index in [0.717, 1.165) is 36.8 Å². The van der Waals surface area contributed by atoms with E-state index in [1.165, 1.54) is 0 Å². The minimum absolute atomic E-state index is 0.0314. The van der Waals surface area contributed by atoms with Gasteiger partial charge in [-0.15, -0.1) is 0 Å². The van der Waals surface area contributed by atoms with Gasteiger partial charge in [-0.05, 0) is 37.8 Å². The SMILES string of the molecule is CC1CCN(C(=O)[C@@H](C)NC(=O)c2cc3cc(Cl)ncc3[nH]2)CC1. The molecule has 0 aromatic carbocycles. The van der Waals surface area contributed by atoms with Crippen molar-refractivity contribution in [1.29, 1.82) is 0 Å². The number of halogens is 1. The van der Waals surface area contributed by atoms with Crippen molar-refractivity contribution in [3.63, 3.8) is 0 Å².